The van der Waals surface area contributed by atoms with Gasteiger partial charge < -0.3 is 14.0 Å². The Labute approximate surface area is 361 Å². The molecule has 2 aliphatic heterocycles. The van der Waals surface area contributed by atoms with Crippen LogP contribution in [0.15, 0.2) is 102 Å². The van der Waals surface area contributed by atoms with E-state index in [9.17, 15) is 5.11 Å². The van der Waals surface area contributed by atoms with Crippen molar-refractivity contribution in [3.63, 3.8) is 0 Å². The highest BCUT2D eigenvalue weighted by molar-refractivity contribution is 7.89. The van der Waals surface area contributed by atoms with Gasteiger partial charge in [-0.1, -0.05) is 147 Å². The van der Waals surface area contributed by atoms with Gasteiger partial charge >= 0.3 is 6.03 Å². The summed E-state index contributed by atoms with van der Waals surface area (Å²) >= 11 is 0. The summed E-state index contributed by atoms with van der Waals surface area (Å²) in [6, 6.07) is 24.0. The Hall–Kier alpha value is -3.60. The highest BCUT2D eigenvalue weighted by Gasteiger charge is 2.71. The van der Waals surface area contributed by atoms with E-state index in [-0.39, 0.29) is 52.9 Å². The molecule has 2 saturated heterocycles. The Balaban J connectivity index is 1.61. The van der Waals surface area contributed by atoms with Crippen molar-refractivity contribution in [1.82, 2.24) is 14.1 Å². The quantitative estimate of drug-likeness (QED) is 0.151. The number of carbonyl (C=O) groups excluding carboxylic acids is 2. The van der Waals surface area contributed by atoms with Crippen LogP contribution in [0.4, 0.5) is 4.79 Å². The van der Waals surface area contributed by atoms with Crippen LogP contribution in [-0.2, 0) is 36.8 Å². The van der Waals surface area contributed by atoms with E-state index in [1.54, 1.807) is 17.0 Å². The van der Waals surface area contributed by atoms with Crippen LogP contribution in [0, 0.1) is 24.7 Å². The molecule has 0 saturated carbocycles. The van der Waals surface area contributed by atoms with Crippen molar-refractivity contribution in [2.75, 3.05) is 13.2 Å². The average molecular weight is 874 g/mol. The molecule has 6 rings (SSSR count). The number of amides is 3. The maximum atomic E-state index is 15.5. The standard InChI is InChI=1S/C47H67N3O7SSi2/c1-32(2)60(33(3)4,34(5)6)57-31-40-43-42(44(51)50(40)58(54,55)39-25-23-35(7)24-26-39)38(30-56-59(11,12)46(8,9)10)27-41-47(43,53)49(29-37-21-17-14-18-22-37)45(52)48(41)28-36-19-15-13-16-20-36/h13-27,32-34,38,40,42-43,53H,28-31H2,1-12H3/t38-,40+,42+,43+,47+/m0/s1. The Morgan fingerprint density at radius 1 is 0.767 bits per heavy atom. The van der Waals surface area contributed by atoms with Crippen molar-refractivity contribution >= 4 is 38.6 Å². The molecule has 326 valence electrons. The van der Waals surface area contributed by atoms with Crippen LogP contribution < -0.4 is 0 Å². The van der Waals surface area contributed by atoms with Crippen molar-refractivity contribution in [3.8, 4) is 0 Å². The minimum atomic E-state index is -4.50. The Morgan fingerprint density at radius 2 is 1.28 bits per heavy atom. The Bertz CT molecular complexity index is 2140. The summed E-state index contributed by atoms with van der Waals surface area (Å²) in [5.74, 6) is -3.46. The fraction of sp³-hybridized carbons (Fsp3) is 0.532. The zero-order chi connectivity index (χ0) is 44.2. The van der Waals surface area contributed by atoms with Gasteiger partial charge in [0.1, 0.15) is 0 Å². The summed E-state index contributed by atoms with van der Waals surface area (Å²) in [4.78, 5) is 33.7. The molecule has 3 amide bonds. The number of aryl methyl sites for hydroxylation is 1. The largest absolute Gasteiger partial charge is 0.416 e. The first-order chi connectivity index (χ1) is 28.0. The molecular weight excluding hydrogens is 807 g/mol. The van der Waals surface area contributed by atoms with Crippen molar-refractivity contribution in [1.29, 1.82) is 0 Å². The molecule has 1 N–H and O–H groups in total. The van der Waals surface area contributed by atoms with E-state index in [1.165, 1.54) is 17.0 Å². The molecule has 0 aromatic heterocycles. The summed E-state index contributed by atoms with van der Waals surface area (Å²) in [6.07, 6.45) is 1.84. The van der Waals surface area contributed by atoms with Gasteiger partial charge in [-0.2, -0.15) is 0 Å². The highest BCUT2D eigenvalue weighted by Crippen LogP contribution is 2.57. The van der Waals surface area contributed by atoms with Crippen LogP contribution in [0.1, 0.15) is 79.0 Å². The van der Waals surface area contributed by atoms with Crippen LogP contribution in [0.3, 0.4) is 0 Å². The Kier molecular flexibility index (Phi) is 13.0. The molecule has 1 aliphatic carbocycles. The van der Waals surface area contributed by atoms with E-state index in [4.69, 9.17) is 8.85 Å². The topological polar surface area (TPSA) is 117 Å². The fourth-order valence-corrected chi connectivity index (χ4v) is 18.1. The number of nitrogens with zero attached hydrogens (tertiary/aromatic N) is 3. The van der Waals surface area contributed by atoms with Crippen LogP contribution in [-0.4, -0.2) is 81.2 Å². The fourth-order valence-electron chi connectivity index (χ4n) is 9.99. The number of sulfonamides is 1. The summed E-state index contributed by atoms with van der Waals surface area (Å²) < 4.78 is 45.5. The van der Waals surface area contributed by atoms with Gasteiger partial charge in [0, 0.05) is 18.4 Å². The number of urea groups is 1. The molecule has 13 heteroatoms. The summed E-state index contributed by atoms with van der Waals surface area (Å²) in [6.45, 7) is 25.8. The third kappa shape index (κ3) is 7.98. The van der Waals surface area contributed by atoms with E-state index in [2.05, 4.69) is 75.4 Å². The lowest BCUT2D eigenvalue weighted by Crippen LogP contribution is -2.61. The maximum absolute atomic E-state index is 15.5. The number of hydrogen-bond acceptors (Lipinski definition) is 7. The molecule has 3 aromatic carbocycles. The van der Waals surface area contributed by atoms with E-state index in [1.807, 2.05) is 73.7 Å². The first-order valence-electron chi connectivity index (χ1n) is 21.5. The molecule has 60 heavy (non-hydrogen) atoms. The van der Waals surface area contributed by atoms with Gasteiger partial charge in [0.25, 0.3) is 10.0 Å². The molecule has 3 aliphatic rings. The molecule has 10 nitrogen and oxygen atoms in total. The van der Waals surface area contributed by atoms with Crippen LogP contribution in [0.2, 0.25) is 34.8 Å². The average Bonchev–Trinajstić information content (AvgIpc) is 3.58. The van der Waals surface area contributed by atoms with Gasteiger partial charge in [0.15, 0.2) is 22.4 Å². The van der Waals surface area contributed by atoms with Crippen molar-refractivity contribution in [2.24, 2.45) is 17.8 Å². The van der Waals surface area contributed by atoms with E-state index < -0.39 is 68.1 Å². The number of aliphatic hydroxyl groups is 1. The maximum Gasteiger partial charge on any atom is 0.327 e. The highest BCUT2D eigenvalue weighted by atomic mass is 32.2. The second-order valence-electron chi connectivity index (χ2n) is 19.6. The molecule has 2 fully saturated rings. The molecular formula is C47H67N3O7SSi2. The minimum Gasteiger partial charge on any atom is -0.416 e. The monoisotopic (exact) mass is 873 g/mol. The predicted molar refractivity (Wildman–Crippen MR) is 242 cm³/mol. The van der Waals surface area contributed by atoms with Gasteiger partial charge in [-0.3, -0.25) is 14.6 Å². The van der Waals surface area contributed by atoms with Gasteiger partial charge in [-0.25, -0.2) is 17.5 Å². The molecule has 2 heterocycles. The second kappa shape index (κ2) is 16.9. The minimum absolute atomic E-state index is 0.0197. The zero-order valence-corrected chi connectivity index (χ0v) is 40.5. The predicted octanol–water partition coefficient (Wildman–Crippen LogP) is 9.68. The number of rotatable bonds is 15. The van der Waals surface area contributed by atoms with Crippen LogP contribution in [0.25, 0.3) is 0 Å². The third-order valence-corrected chi connectivity index (χ3v) is 26.5. The number of hydrogen-bond donors (Lipinski definition) is 1. The van der Waals surface area contributed by atoms with Crippen LogP contribution >= 0.6 is 0 Å². The molecule has 0 radical (unpaired) electrons. The molecule has 3 aromatic rings. The first-order valence-corrected chi connectivity index (χ1v) is 28.0. The smallest absolute Gasteiger partial charge is 0.327 e. The lowest BCUT2D eigenvalue weighted by atomic mass is 9.69. The first kappa shape index (κ1) is 45.9. The van der Waals surface area contributed by atoms with Crippen molar-refractivity contribution < 1.29 is 32.0 Å². The summed E-state index contributed by atoms with van der Waals surface area (Å²) in [7, 11) is -9.60. The van der Waals surface area contributed by atoms with Crippen molar-refractivity contribution in [3.05, 3.63) is 113 Å². The SMILES string of the molecule is Cc1ccc(S(=O)(=O)N2C(=O)[C@H]3[C@@H]([C@H]2CO[Si](C(C)C)(C(C)C)C(C)C)[C@]2(O)C(=C[C@H]3CO[Si](C)(C)C(C)(C)C)N(Cc3ccccc3)C(=O)N2Cc2ccccc2)cc1. The normalized spacial score (nSPS) is 23.9. The van der Waals surface area contributed by atoms with E-state index in [0.29, 0.717) is 5.70 Å². The van der Waals surface area contributed by atoms with Gasteiger partial charge in [0.05, 0.1) is 42.2 Å². The van der Waals surface area contributed by atoms with Crippen LogP contribution in [0.5, 0.6) is 0 Å². The number of benzene rings is 3. The van der Waals surface area contributed by atoms with E-state index in [0.717, 1.165) is 21.0 Å². The molecule has 0 unspecified atom stereocenters. The number of carbonyl (C=O) groups is 2. The molecule has 5 atom stereocenters. The lowest BCUT2D eigenvalue weighted by Gasteiger charge is -2.48. The summed E-state index contributed by atoms with van der Waals surface area (Å²) in [5.41, 5.74) is 1.24. The molecule has 0 bridgehead atoms. The van der Waals surface area contributed by atoms with Crippen molar-refractivity contribution in [2.45, 2.75) is 134 Å². The zero-order valence-electron chi connectivity index (χ0n) is 37.7. The van der Waals surface area contributed by atoms with Gasteiger partial charge in [-0.05, 0) is 64.9 Å². The second-order valence-corrected chi connectivity index (χ2v) is 31.7. The summed E-state index contributed by atoms with van der Waals surface area (Å²) in [5, 5.41) is 13.7. The molecule has 0 spiro atoms. The Morgan fingerprint density at radius 3 is 1.78 bits per heavy atom. The van der Waals surface area contributed by atoms with Gasteiger partial charge in [0.2, 0.25) is 5.91 Å². The third-order valence-electron chi connectivity index (χ3n) is 14.0. The number of fused-ring (bicyclic) bond motifs is 3. The lowest BCUT2D eigenvalue weighted by molar-refractivity contribution is -0.137. The van der Waals surface area contributed by atoms with Gasteiger partial charge in [-0.15, -0.1) is 0 Å². The van der Waals surface area contributed by atoms with E-state index >= 15 is 18.0 Å².